The number of para-hydroxylation sites is 2. The van der Waals surface area contributed by atoms with Crippen LogP contribution in [0.3, 0.4) is 0 Å². The van der Waals surface area contributed by atoms with Crippen LogP contribution in [0.5, 0.6) is 0 Å². The van der Waals surface area contributed by atoms with Crippen molar-refractivity contribution < 1.29 is 0 Å². The van der Waals surface area contributed by atoms with E-state index in [2.05, 4.69) is 250 Å². The van der Waals surface area contributed by atoms with Gasteiger partial charge in [0.15, 0.2) is 0 Å². The van der Waals surface area contributed by atoms with Gasteiger partial charge in [-0.3, -0.25) is 0 Å². The van der Waals surface area contributed by atoms with E-state index in [1.165, 1.54) is 128 Å². The van der Waals surface area contributed by atoms with Crippen molar-refractivity contribution in [2.75, 3.05) is 5.32 Å². The molecule has 2 aliphatic carbocycles. The molecule has 2 heteroatoms. The van der Waals surface area contributed by atoms with Gasteiger partial charge in [-0.05, 0) is 177 Å². The zero-order valence-corrected chi connectivity index (χ0v) is 38.8. The molecule has 2 atom stereocenters. The van der Waals surface area contributed by atoms with Crippen molar-refractivity contribution in [3.63, 3.8) is 0 Å². The van der Waals surface area contributed by atoms with Crippen molar-refractivity contribution in [2.24, 2.45) is 0 Å². The third-order valence-corrected chi connectivity index (χ3v) is 15.4. The van der Waals surface area contributed by atoms with Crippen LogP contribution in [-0.2, 0) is 0 Å². The number of aryl methyl sites for hydroxylation is 2. The minimum absolute atomic E-state index is 0.0725. The van der Waals surface area contributed by atoms with Crippen molar-refractivity contribution in [2.45, 2.75) is 39.5 Å². The van der Waals surface area contributed by atoms with E-state index in [9.17, 15) is 0 Å². The van der Waals surface area contributed by atoms with Gasteiger partial charge in [0.05, 0.1) is 11.0 Å². The first-order chi connectivity index (χ1) is 33.4. The van der Waals surface area contributed by atoms with Crippen LogP contribution in [0.4, 0.5) is 11.4 Å². The van der Waals surface area contributed by atoms with Gasteiger partial charge in [-0.1, -0.05) is 158 Å². The van der Waals surface area contributed by atoms with Crippen LogP contribution < -0.4 is 5.32 Å². The highest BCUT2D eigenvalue weighted by atomic mass is 15.0. The maximum atomic E-state index is 3.97. The van der Waals surface area contributed by atoms with Crippen LogP contribution in [0.25, 0.3) is 72.0 Å². The normalized spacial score (nSPS) is 14.5. The Morgan fingerprint density at radius 2 is 0.941 bits per heavy atom. The third kappa shape index (κ3) is 6.17. The van der Waals surface area contributed by atoms with Gasteiger partial charge in [-0.2, -0.15) is 0 Å². The van der Waals surface area contributed by atoms with Gasteiger partial charge in [0, 0.05) is 45.2 Å². The Morgan fingerprint density at radius 1 is 0.368 bits per heavy atom. The highest BCUT2D eigenvalue weighted by molar-refractivity contribution is 6.10. The summed E-state index contributed by atoms with van der Waals surface area (Å²) < 4.78 is 2.38. The summed E-state index contributed by atoms with van der Waals surface area (Å²) in [5.74, 6) is 0.241. The molecule has 0 amide bonds. The molecule has 0 bridgehead atoms. The first-order valence-electron chi connectivity index (χ1n) is 24.0. The molecule has 0 radical (unpaired) electrons. The van der Waals surface area contributed by atoms with Crippen molar-refractivity contribution >= 4 is 33.2 Å². The monoisotopic (exact) mass is 870 g/mol. The van der Waals surface area contributed by atoms with Gasteiger partial charge < -0.3 is 9.88 Å². The van der Waals surface area contributed by atoms with Crippen LogP contribution in [0.2, 0.25) is 0 Å². The van der Waals surface area contributed by atoms with Gasteiger partial charge in [-0.15, -0.1) is 0 Å². The lowest BCUT2D eigenvalue weighted by molar-refractivity contribution is 0.986. The van der Waals surface area contributed by atoms with E-state index in [-0.39, 0.29) is 11.8 Å². The number of rotatable bonds is 7. The number of aromatic nitrogens is 1. The molecule has 0 aliphatic heterocycles. The predicted molar refractivity (Wildman–Crippen MR) is 286 cm³/mol. The average molecular weight is 871 g/mol. The van der Waals surface area contributed by atoms with Gasteiger partial charge in [0.25, 0.3) is 0 Å². The number of nitrogens with one attached hydrogen (secondary N) is 1. The zero-order chi connectivity index (χ0) is 45.6. The highest BCUT2D eigenvalue weighted by Crippen LogP contribution is 2.57. The molecule has 10 aromatic carbocycles. The molecule has 324 valence electrons. The van der Waals surface area contributed by atoms with Crippen LogP contribution in [0.1, 0.15) is 67.5 Å². The molecule has 1 aromatic heterocycles. The first-order valence-corrected chi connectivity index (χ1v) is 24.0. The molecular formula is C66H50N2. The fourth-order valence-corrected chi connectivity index (χ4v) is 11.8. The Balaban J connectivity index is 0.934. The molecule has 1 N–H and O–H groups in total. The number of hydrogen-bond acceptors (Lipinski definition) is 1. The number of hydrogen-bond donors (Lipinski definition) is 1. The number of benzene rings is 10. The van der Waals surface area contributed by atoms with E-state index in [1.54, 1.807) is 0 Å². The first kappa shape index (κ1) is 40.1. The molecular weight excluding hydrogens is 821 g/mol. The lowest BCUT2D eigenvalue weighted by Gasteiger charge is -2.23. The molecule has 0 fully saturated rings. The molecule has 2 unspecified atom stereocenters. The summed E-state index contributed by atoms with van der Waals surface area (Å²) >= 11 is 0. The highest BCUT2D eigenvalue weighted by Gasteiger charge is 2.37. The molecule has 2 aliphatic rings. The summed E-state index contributed by atoms with van der Waals surface area (Å²) in [4.78, 5) is 0. The molecule has 0 spiro atoms. The molecule has 0 saturated heterocycles. The lowest BCUT2D eigenvalue weighted by atomic mass is 9.81. The second-order valence-electron chi connectivity index (χ2n) is 19.0. The smallest absolute Gasteiger partial charge is 0.0541 e. The van der Waals surface area contributed by atoms with E-state index in [1.807, 2.05) is 0 Å². The molecule has 0 saturated carbocycles. The molecule has 1 heterocycles. The maximum absolute atomic E-state index is 3.97. The fourth-order valence-electron chi connectivity index (χ4n) is 11.8. The van der Waals surface area contributed by atoms with Crippen molar-refractivity contribution in [3.8, 4) is 50.2 Å². The molecule has 11 aromatic rings. The Morgan fingerprint density at radius 3 is 1.71 bits per heavy atom. The Labute approximate surface area is 398 Å². The van der Waals surface area contributed by atoms with E-state index in [0.717, 1.165) is 11.4 Å². The number of anilines is 2. The van der Waals surface area contributed by atoms with E-state index in [4.69, 9.17) is 0 Å². The Hall–Kier alpha value is -8.20. The maximum Gasteiger partial charge on any atom is 0.0541 e. The Kier molecular flexibility index (Phi) is 9.27. The summed E-state index contributed by atoms with van der Waals surface area (Å²) in [5, 5.41) is 6.48. The molecule has 2 nitrogen and oxygen atoms in total. The predicted octanol–water partition coefficient (Wildman–Crippen LogP) is 17.4. The van der Waals surface area contributed by atoms with Crippen LogP contribution >= 0.6 is 0 Å². The van der Waals surface area contributed by atoms with Crippen molar-refractivity contribution in [1.82, 2.24) is 4.57 Å². The van der Waals surface area contributed by atoms with Crippen molar-refractivity contribution in [3.05, 3.63) is 268 Å². The van der Waals surface area contributed by atoms with Crippen molar-refractivity contribution in [1.29, 1.82) is 0 Å². The SMILES string of the molecule is Cc1cccc(C2c3ccccc3-c3ccc(-c4ccc(Nc5ccc(-c6ccc7c(c6)c6ccccc6n7-c6ccccc6)cc5)c5c4C(c4cccc(C)c4C)c4ccccc4-5)cc32)c1C. The largest absolute Gasteiger partial charge is 0.355 e. The summed E-state index contributed by atoms with van der Waals surface area (Å²) in [6, 6.07) is 79.1. The summed E-state index contributed by atoms with van der Waals surface area (Å²) in [6.45, 7) is 9.08. The van der Waals surface area contributed by atoms with Crippen LogP contribution in [0, 0.1) is 27.7 Å². The minimum Gasteiger partial charge on any atom is -0.355 e. The fraction of sp³-hybridized carbons (Fsp3) is 0.0909. The standard InChI is InChI=1S/C66H50N2/c1-40-16-14-25-49(42(40)3)63-55-22-9-8-20-52(55)53-34-30-46(39-59(53)63)51-35-36-60(65-57-24-11-10-23-56(57)64(66(51)65)50-26-15-17-41(2)43(50)4)67-47-32-28-44(29-33-47)45-31-37-62-58(38-45)54-21-12-13-27-61(54)68(62)48-18-6-5-7-19-48/h5-39,63-64,67H,1-4H3. The van der Waals surface area contributed by atoms with Gasteiger partial charge in [0.1, 0.15) is 0 Å². The molecule has 13 rings (SSSR count). The average Bonchev–Trinajstić information content (AvgIpc) is 4.02. The van der Waals surface area contributed by atoms with Crippen LogP contribution in [-0.4, -0.2) is 4.57 Å². The topological polar surface area (TPSA) is 17.0 Å². The summed E-state index contributed by atoms with van der Waals surface area (Å²) in [6.07, 6.45) is 0. The summed E-state index contributed by atoms with van der Waals surface area (Å²) in [7, 11) is 0. The van der Waals surface area contributed by atoms with E-state index >= 15 is 0 Å². The lowest BCUT2D eigenvalue weighted by Crippen LogP contribution is -2.06. The van der Waals surface area contributed by atoms with Gasteiger partial charge >= 0.3 is 0 Å². The zero-order valence-electron chi connectivity index (χ0n) is 38.8. The van der Waals surface area contributed by atoms with Crippen LogP contribution in [0.15, 0.2) is 212 Å². The van der Waals surface area contributed by atoms with E-state index < -0.39 is 0 Å². The van der Waals surface area contributed by atoms with E-state index in [0.29, 0.717) is 0 Å². The minimum atomic E-state index is 0.0725. The van der Waals surface area contributed by atoms with Gasteiger partial charge in [0.2, 0.25) is 0 Å². The number of fused-ring (bicyclic) bond motifs is 9. The summed E-state index contributed by atoms with van der Waals surface area (Å²) in [5.41, 5.74) is 29.6. The molecule has 68 heavy (non-hydrogen) atoms. The quantitative estimate of drug-likeness (QED) is 0.169. The second kappa shape index (κ2) is 15.7. The number of nitrogens with zero attached hydrogens (tertiary/aromatic N) is 1. The Bertz CT molecular complexity index is 3810. The van der Waals surface area contributed by atoms with Gasteiger partial charge in [-0.25, -0.2) is 0 Å². The second-order valence-corrected chi connectivity index (χ2v) is 19.0. The third-order valence-electron chi connectivity index (χ3n) is 15.4.